The Hall–Kier alpha value is -5.47. The van der Waals surface area contributed by atoms with Crippen LogP contribution in [-0.2, 0) is 52.8 Å². The van der Waals surface area contributed by atoms with Crippen LogP contribution in [0.4, 0.5) is 4.79 Å². The molecule has 1 aromatic carbocycles. The van der Waals surface area contributed by atoms with E-state index in [1.54, 1.807) is 30.2 Å². The van der Waals surface area contributed by atoms with Crippen molar-refractivity contribution in [2.45, 2.75) is 116 Å². The Kier molecular flexibility index (Phi) is 15.3. The van der Waals surface area contributed by atoms with E-state index >= 15 is 0 Å². The Balaban J connectivity index is 1.12. The van der Waals surface area contributed by atoms with Gasteiger partial charge in [0, 0.05) is 92.3 Å². The minimum atomic E-state index is -1.43. The summed E-state index contributed by atoms with van der Waals surface area (Å²) >= 11 is 1.40. The van der Waals surface area contributed by atoms with E-state index in [9.17, 15) is 24.0 Å². The number of esters is 1. The molecule has 4 aliphatic rings. The molecule has 17 nitrogen and oxygen atoms in total. The van der Waals surface area contributed by atoms with Crippen LogP contribution in [0.25, 0.3) is 33.4 Å². The summed E-state index contributed by atoms with van der Waals surface area (Å²) in [5.41, 5.74) is 8.58. The van der Waals surface area contributed by atoms with Gasteiger partial charge in [-0.1, -0.05) is 40.3 Å². The molecule has 2 N–H and O–H groups in total. The number of fused-ring (bicyclic) bond motifs is 6. The number of benzene rings is 1. The highest BCUT2D eigenvalue weighted by atomic mass is 32.1. The highest BCUT2D eigenvalue weighted by molar-refractivity contribution is 7.10. The number of morpholine rings is 1. The van der Waals surface area contributed by atoms with Gasteiger partial charge in [-0.3, -0.25) is 29.2 Å². The zero-order valence-electron chi connectivity index (χ0n) is 42.3. The van der Waals surface area contributed by atoms with Gasteiger partial charge in [0.25, 0.3) is 5.91 Å². The largest absolute Gasteiger partial charge is 0.464 e. The lowest BCUT2D eigenvalue weighted by molar-refractivity contribution is -0.158. The second-order valence-electron chi connectivity index (χ2n) is 20.6. The molecular formula is C52H68N9O8SSi. The fraction of sp³-hybridized carbons (Fsp3) is 0.558. The van der Waals surface area contributed by atoms with Crippen LogP contribution in [-0.4, -0.2) is 157 Å². The summed E-state index contributed by atoms with van der Waals surface area (Å²) in [6, 6.07) is 8.00. The average Bonchev–Trinajstić information content (AvgIpc) is 3.95. The van der Waals surface area contributed by atoms with Crippen LogP contribution in [0.3, 0.4) is 0 Å². The summed E-state index contributed by atoms with van der Waals surface area (Å²) in [5, 5.41) is 6.63. The van der Waals surface area contributed by atoms with E-state index < -0.39 is 46.0 Å². The second-order valence-corrected chi connectivity index (χ2v) is 22.4. The van der Waals surface area contributed by atoms with E-state index in [1.165, 1.54) is 27.3 Å². The van der Waals surface area contributed by atoms with Crippen LogP contribution in [0.2, 0.25) is 0 Å². The average molecular weight is 1010 g/mol. The number of methoxy groups -OCH3 is 1. The number of piperidine rings is 1. The molecule has 1 spiro atoms. The zero-order valence-corrected chi connectivity index (χ0v) is 44.2. The van der Waals surface area contributed by atoms with E-state index in [4.69, 9.17) is 24.2 Å². The van der Waals surface area contributed by atoms with E-state index in [-0.39, 0.29) is 43.5 Å². The topological polar surface area (TPSA) is 181 Å². The van der Waals surface area contributed by atoms with Crippen LogP contribution in [0, 0.1) is 11.3 Å². The highest BCUT2D eigenvalue weighted by Gasteiger charge is 2.45. The Morgan fingerprint density at radius 1 is 1.10 bits per heavy atom. The van der Waals surface area contributed by atoms with Gasteiger partial charge in [-0.15, -0.1) is 11.3 Å². The second kappa shape index (κ2) is 20.9. The maximum Gasteiger partial charge on any atom is 0.323 e. The van der Waals surface area contributed by atoms with E-state index in [0.717, 1.165) is 44.7 Å². The van der Waals surface area contributed by atoms with Gasteiger partial charge in [-0.25, -0.2) is 15.2 Å². The summed E-state index contributed by atoms with van der Waals surface area (Å²) in [6.45, 7) is 18.8. The van der Waals surface area contributed by atoms with Gasteiger partial charge in [-0.05, 0) is 87.8 Å². The Labute approximate surface area is 424 Å². The Bertz CT molecular complexity index is 2680. The molecule has 0 saturated carbocycles. The number of amides is 5. The number of urea groups is 1. The number of aryl methyl sites for hydroxylation is 1. The van der Waals surface area contributed by atoms with Crippen molar-refractivity contribution >= 4 is 62.2 Å². The molecule has 3 fully saturated rings. The molecule has 0 unspecified atom stereocenters. The standard InChI is InChI=1S/C52H68N9O8SSi/c1-10-42(62)59-24-25-69-51(30-59)18-22-58(23-19-51)49(66)57(8)44(32(3)4)46(63)55-38-27-41-54-39(29-70-41)34-15-16-40-36(26-34)37(45(60(40)11-2)35-14-12-20-53-43(35)33(5)67-9)28-50(6,7)31-68-48(65)52(71)17-13-21-61(56-52)47(38)64/h10,12,14-16,20,26,29,32-33,38,44,56H,1,11,13,17-19,21-25,27-28,30-31H2,2-9H3,(H,55,63)/t33-,38-,44-,52-/m0/s1. The van der Waals surface area contributed by atoms with Gasteiger partial charge in [-0.2, -0.15) is 0 Å². The van der Waals surface area contributed by atoms with Crippen molar-refractivity contribution in [1.29, 1.82) is 0 Å². The summed E-state index contributed by atoms with van der Waals surface area (Å²) in [7, 11) is 7.03. The lowest BCUT2D eigenvalue weighted by atomic mass is 9.84. The molecule has 3 aromatic heterocycles. The maximum atomic E-state index is 14.8. The van der Waals surface area contributed by atoms with Crippen molar-refractivity contribution in [1.82, 2.24) is 45.0 Å². The predicted octanol–water partition coefficient (Wildman–Crippen LogP) is 5.65. The lowest BCUT2D eigenvalue weighted by Gasteiger charge is -2.47. The van der Waals surface area contributed by atoms with Gasteiger partial charge < -0.3 is 38.8 Å². The van der Waals surface area contributed by atoms with Gasteiger partial charge in [0.05, 0.1) is 63.8 Å². The number of hydrogen-bond acceptors (Lipinski definition) is 12. The number of pyridine rings is 1. The number of likely N-dealkylation sites (tertiary alicyclic amines) is 1. The maximum absolute atomic E-state index is 14.8. The minimum Gasteiger partial charge on any atom is -0.464 e. The smallest absolute Gasteiger partial charge is 0.323 e. The number of aromatic nitrogens is 3. The summed E-state index contributed by atoms with van der Waals surface area (Å²) in [5.74, 6) is -1.99. The van der Waals surface area contributed by atoms with Crippen molar-refractivity contribution in [3.8, 4) is 22.5 Å². The SMILES string of the molecule is C=CC(=O)N1CCOC2(CCN(C(=O)N(C)[C@H](C(=O)N[C@H]3Cc4nc(cs4)-c4ccc5c(c4)c(c(-c4cccnc4[C@H](C)OC)n5CC)CC(C)(C)COC(=O)[C@@]4([Si])CCCN(N4)C3=O)C(C)C)CC2)C1. The number of nitrogens with zero attached hydrogens (tertiary/aromatic N) is 7. The minimum absolute atomic E-state index is 0.0498. The van der Waals surface area contributed by atoms with E-state index in [2.05, 4.69) is 77.2 Å². The molecule has 5 amide bonds. The number of thiazole rings is 1. The van der Waals surface area contributed by atoms with Crippen molar-refractivity contribution in [3.63, 3.8) is 0 Å². The Morgan fingerprint density at radius 3 is 2.56 bits per heavy atom. The molecular weight excluding hydrogens is 939 g/mol. The predicted molar refractivity (Wildman–Crippen MR) is 272 cm³/mol. The Morgan fingerprint density at radius 2 is 1.86 bits per heavy atom. The summed E-state index contributed by atoms with van der Waals surface area (Å²) in [6.07, 6.45) is 5.30. The van der Waals surface area contributed by atoms with Crippen LogP contribution in [0.1, 0.15) is 89.6 Å². The number of cyclic esters (lactones) is 1. The molecule has 4 aliphatic heterocycles. The monoisotopic (exact) mass is 1010 g/mol. The van der Waals surface area contributed by atoms with Crippen LogP contribution < -0.4 is 10.7 Å². The first-order chi connectivity index (χ1) is 33.8. The molecule has 4 aromatic rings. The molecule has 3 saturated heterocycles. The van der Waals surface area contributed by atoms with Crippen LogP contribution in [0.15, 0.2) is 54.6 Å². The molecule has 71 heavy (non-hydrogen) atoms. The third kappa shape index (κ3) is 10.6. The van der Waals surface area contributed by atoms with Crippen molar-refractivity contribution in [3.05, 3.63) is 70.8 Å². The van der Waals surface area contributed by atoms with Gasteiger partial charge >= 0.3 is 12.0 Å². The normalized spacial score (nSPS) is 22.5. The first-order valence-electron chi connectivity index (χ1n) is 24.8. The first-order valence-corrected chi connectivity index (χ1v) is 26.2. The fourth-order valence-electron chi connectivity index (χ4n) is 10.7. The molecule has 8 rings (SSSR count). The third-order valence-electron chi connectivity index (χ3n) is 14.6. The van der Waals surface area contributed by atoms with Crippen molar-refractivity contribution in [2.24, 2.45) is 11.3 Å². The first kappa shape index (κ1) is 51.9. The van der Waals surface area contributed by atoms with Gasteiger partial charge in [0.15, 0.2) is 0 Å². The number of carbonyl (C=O) groups excluding carboxylic acids is 5. The van der Waals surface area contributed by atoms with E-state index in [0.29, 0.717) is 76.4 Å². The van der Waals surface area contributed by atoms with Crippen LogP contribution in [0.5, 0.6) is 0 Å². The molecule has 4 atom stereocenters. The number of hydrazine groups is 1. The molecule has 19 heteroatoms. The van der Waals surface area contributed by atoms with Gasteiger partial charge in [0.2, 0.25) is 11.8 Å². The quantitative estimate of drug-likeness (QED) is 0.120. The number of ether oxygens (including phenoxy) is 3. The number of likely N-dealkylation sites (N-methyl/N-ethyl adjacent to an activating group) is 1. The molecule has 0 aliphatic carbocycles. The molecule has 6 bridgehead atoms. The number of carbonyl (C=O) groups is 5. The lowest BCUT2D eigenvalue weighted by Crippen LogP contribution is -2.68. The number of hydrogen-bond donors (Lipinski definition) is 2. The number of rotatable bonds is 9. The number of nitrogens with one attached hydrogen (secondary N) is 2. The van der Waals surface area contributed by atoms with Crippen molar-refractivity contribution < 1.29 is 38.2 Å². The van der Waals surface area contributed by atoms with Crippen LogP contribution >= 0.6 is 11.3 Å². The molecule has 3 radical (unpaired) electrons. The molecule has 7 heterocycles. The third-order valence-corrected chi connectivity index (χ3v) is 16.0. The fourth-order valence-corrected chi connectivity index (χ4v) is 12.0. The zero-order chi connectivity index (χ0) is 51.0. The van der Waals surface area contributed by atoms with Crippen molar-refractivity contribution in [2.75, 3.05) is 60.1 Å². The van der Waals surface area contributed by atoms with E-state index in [1.807, 2.05) is 32.2 Å². The molecule has 379 valence electrons. The highest BCUT2D eigenvalue weighted by Crippen LogP contribution is 2.42. The summed E-state index contributed by atoms with van der Waals surface area (Å²) < 4.78 is 20.5. The summed E-state index contributed by atoms with van der Waals surface area (Å²) in [4.78, 5) is 85.3. The van der Waals surface area contributed by atoms with Gasteiger partial charge in [0.1, 0.15) is 17.2 Å².